The van der Waals surface area contributed by atoms with Crippen molar-refractivity contribution in [1.82, 2.24) is 4.98 Å². The highest BCUT2D eigenvalue weighted by molar-refractivity contribution is 5.08. The summed E-state index contributed by atoms with van der Waals surface area (Å²) in [6.45, 7) is 1.32. The van der Waals surface area contributed by atoms with E-state index in [0.717, 1.165) is 0 Å². The normalized spacial score (nSPS) is 9.92. The minimum Gasteiger partial charge on any atom is -0.475 e. The van der Waals surface area contributed by atoms with Crippen LogP contribution in [0.15, 0.2) is 24.4 Å². The van der Waals surface area contributed by atoms with Gasteiger partial charge in [-0.05, 0) is 6.07 Å². The van der Waals surface area contributed by atoms with Crippen LogP contribution in [0.5, 0.6) is 5.88 Å². The molecule has 1 rings (SSSR count). The maximum atomic E-state index is 8.40. The largest absolute Gasteiger partial charge is 0.475 e. The molecule has 0 saturated carbocycles. The molecular weight excluding hydrogens is 170 g/mol. The van der Waals surface area contributed by atoms with Gasteiger partial charge in [-0.15, -0.1) is 0 Å². The minimum absolute atomic E-state index is 0.0452. The molecule has 4 nitrogen and oxygen atoms in total. The van der Waals surface area contributed by atoms with Gasteiger partial charge in [-0.3, -0.25) is 0 Å². The van der Waals surface area contributed by atoms with E-state index in [0.29, 0.717) is 25.7 Å². The third-order valence-corrected chi connectivity index (χ3v) is 1.35. The van der Waals surface area contributed by atoms with E-state index in [1.54, 1.807) is 12.3 Å². The van der Waals surface area contributed by atoms with Gasteiger partial charge in [0.2, 0.25) is 5.88 Å². The zero-order chi connectivity index (χ0) is 9.36. The van der Waals surface area contributed by atoms with E-state index >= 15 is 0 Å². The Morgan fingerprint density at radius 1 is 1.23 bits per heavy atom. The number of aliphatic hydroxyl groups is 1. The average Bonchev–Trinajstić information content (AvgIpc) is 2.19. The lowest BCUT2D eigenvalue weighted by molar-refractivity contribution is 0.0695. The minimum atomic E-state index is 0.0452. The second kappa shape index (κ2) is 6.39. The van der Waals surface area contributed by atoms with Gasteiger partial charge in [0.15, 0.2) is 0 Å². The third-order valence-electron chi connectivity index (χ3n) is 1.35. The van der Waals surface area contributed by atoms with Crippen molar-refractivity contribution in [2.24, 2.45) is 0 Å². The predicted molar refractivity (Wildman–Crippen MR) is 47.6 cm³/mol. The smallest absolute Gasteiger partial charge is 0.213 e. The van der Waals surface area contributed by atoms with Gasteiger partial charge in [-0.2, -0.15) is 0 Å². The Labute approximate surface area is 77.1 Å². The standard InChI is InChI=1S/C9H13NO3/c11-5-6-12-7-8-13-9-3-1-2-4-10-9/h1-4,11H,5-8H2. The molecule has 0 saturated heterocycles. The maximum absolute atomic E-state index is 8.40. The fraction of sp³-hybridized carbons (Fsp3) is 0.444. The Morgan fingerprint density at radius 2 is 2.15 bits per heavy atom. The molecule has 0 radical (unpaired) electrons. The van der Waals surface area contributed by atoms with E-state index in [1.807, 2.05) is 12.1 Å². The van der Waals surface area contributed by atoms with Gasteiger partial charge in [0, 0.05) is 12.3 Å². The fourth-order valence-corrected chi connectivity index (χ4v) is 0.804. The molecule has 1 aromatic rings. The number of aromatic nitrogens is 1. The highest BCUT2D eigenvalue weighted by Crippen LogP contribution is 2.02. The first-order chi connectivity index (χ1) is 6.43. The van der Waals surface area contributed by atoms with Crippen molar-refractivity contribution in [1.29, 1.82) is 0 Å². The van der Waals surface area contributed by atoms with Gasteiger partial charge in [-0.25, -0.2) is 4.98 Å². The van der Waals surface area contributed by atoms with Crippen molar-refractivity contribution in [3.8, 4) is 5.88 Å². The molecule has 0 aliphatic rings. The summed E-state index contributed by atoms with van der Waals surface area (Å²) in [7, 11) is 0. The number of nitrogens with zero attached hydrogens (tertiary/aromatic N) is 1. The van der Waals surface area contributed by atoms with Crippen molar-refractivity contribution in [2.45, 2.75) is 0 Å². The van der Waals surface area contributed by atoms with Crippen LogP contribution in [0.1, 0.15) is 0 Å². The summed E-state index contributed by atoms with van der Waals surface area (Å²) >= 11 is 0. The molecule has 0 atom stereocenters. The van der Waals surface area contributed by atoms with Crippen molar-refractivity contribution in [3.63, 3.8) is 0 Å². The van der Waals surface area contributed by atoms with Gasteiger partial charge < -0.3 is 14.6 Å². The molecule has 0 bridgehead atoms. The van der Waals surface area contributed by atoms with Crippen LogP contribution in [0, 0.1) is 0 Å². The molecule has 1 heterocycles. The Kier molecular flexibility index (Phi) is 4.90. The summed E-state index contributed by atoms with van der Waals surface area (Å²) in [5.74, 6) is 0.593. The molecule has 0 spiro atoms. The van der Waals surface area contributed by atoms with E-state index in [4.69, 9.17) is 14.6 Å². The van der Waals surface area contributed by atoms with E-state index in [1.165, 1.54) is 0 Å². The van der Waals surface area contributed by atoms with E-state index in [2.05, 4.69) is 4.98 Å². The molecule has 0 unspecified atom stereocenters. The van der Waals surface area contributed by atoms with Crippen LogP contribution >= 0.6 is 0 Å². The Morgan fingerprint density at radius 3 is 2.85 bits per heavy atom. The van der Waals surface area contributed by atoms with Crippen molar-refractivity contribution in [3.05, 3.63) is 24.4 Å². The van der Waals surface area contributed by atoms with Crippen molar-refractivity contribution >= 4 is 0 Å². The summed E-state index contributed by atoms with van der Waals surface area (Å²) in [6.07, 6.45) is 1.67. The number of hydrogen-bond acceptors (Lipinski definition) is 4. The second-order valence-corrected chi connectivity index (χ2v) is 2.35. The lowest BCUT2D eigenvalue weighted by Crippen LogP contribution is -2.09. The molecule has 0 aliphatic heterocycles. The molecule has 0 aromatic carbocycles. The van der Waals surface area contributed by atoms with Crippen molar-refractivity contribution < 1.29 is 14.6 Å². The summed E-state index contributed by atoms with van der Waals surface area (Å²) in [4.78, 5) is 3.97. The Hall–Kier alpha value is -1.13. The van der Waals surface area contributed by atoms with Crippen molar-refractivity contribution in [2.75, 3.05) is 26.4 Å². The molecule has 1 aromatic heterocycles. The van der Waals surface area contributed by atoms with E-state index in [9.17, 15) is 0 Å². The quantitative estimate of drug-likeness (QED) is 0.651. The highest BCUT2D eigenvalue weighted by Gasteiger charge is 1.92. The van der Waals surface area contributed by atoms with Gasteiger partial charge in [0.1, 0.15) is 6.61 Å². The number of pyridine rings is 1. The van der Waals surface area contributed by atoms with Crippen LogP contribution < -0.4 is 4.74 Å². The lowest BCUT2D eigenvalue weighted by atomic mass is 10.5. The van der Waals surface area contributed by atoms with Crippen LogP contribution in [-0.4, -0.2) is 36.5 Å². The summed E-state index contributed by atoms with van der Waals surface area (Å²) in [5.41, 5.74) is 0. The van der Waals surface area contributed by atoms with Gasteiger partial charge in [0.05, 0.1) is 19.8 Å². The van der Waals surface area contributed by atoms with Crippen LogP contribution in [0.2, 0.25) is 0 Å². The maximum Gasteiger partial charge on any atom is 0.213 e. The molecule has 0 aliphatic carbocycles. The van der Waals surface area contributed by atoms with Gasteiger partial charge in [0.25, 0.3) is 0 Å². The zero-order valence-corrected chi connectivity index (χ0v) is 7.35. The van der Waals surface area contributed by atoms with Crippen LogP contribution in [-0.2, 0) is 4.74 Å². The Balaban J connectivity index is 2.07. The topological polar surface area (TPSA) is 51.6 Å². The van der Waals surface area contributed by atoms with E-state index in [-0.39, 0.29) is 6.61 Å². The Bertz CT molecular complexity index is 215. The molecule has 0 amide bonds. The van der Waals surface area contributed by atoms with Gasteiger partial charge in [-0.1, -0.05) is 6.07 Å². The third kappa shape index (κ3) is 4.45. The predicted octanol–water partition coefficient (Wildman–Crippen LogP) is 0.469. The molecule has 0 fully saturated rings. The van der Waals surface area contributed by atoms with Crippen LogP contribution in [0.25, 0.3) is 0 Å². The summed E-state index contributed by atoms with van der Waals surface area (Å²) in [6, 6.07) is 5.47. The lowest BCUT2D eigenvalue weighted by Gasteiger charge is -2.04. The average molecular weight is 183 g/mol. The second-order valence-electron chi connectivity index (χ2n) is 2.35. The fourth-order valence-electron chi connectivity index (χ4n) is 0.804. The molecular formula is C9H13NO3. The van der Waals surface area contributed by atoms with Crippen LogP contribution in [0.4, 0.5) is 0 Å². The molecule has 1 N–H and O–H groups in total. The first-order valence-electron chi connectivity index (χ1n) is 4.16. The number of rotatable bonds is 6. The number of hydrogen-bond donors (Lipinski definition) is 1. The summed E-state index contributed by atoms with van der Waals surface area (Å²) < 4.78 is 10.2. The zero-order valence-electron chi connectivity index (χ0n) is 7.35. The summed E-state index contributed by atoms with van der Waals surface area (Å²) in [5, 5.41) is 8.40. The molecule has 72 valence electrons. The monoisotopic (exact) mass is 183 g/mol. The van der Waals surface area contributed by atoms with Gasteiger partial charge >= 0.3 is 0 Å². The first kappa shape index (κ1) is 9.95. The first-order valence-corrected chi connectivity index (χ1v) is 4.16. The van der Waals surface area contributed by atoms with E-state index < -0.39 is 0 Å². The van der Waals surface area contributed by atoms with Crippen LogP contribution in [0.3, 0.4) is 0 Å². The molecule has 4 heteroatoms. The molecule has 13 heavy (non-hydrogen) atoms. The number of aliphatic hydroxyl groups excluding tert-OH is 1. The highest BCUT2D eigenvalue weighted by atomic mass is 16.5. The SMILES string of the molecule is OCCOCCOc1ccccn1. The number of ether oxygens (including phenoxy) is 2.